The summed E-state index contributed by atoms with van der Waals surface area (Å²) in [7, 11) is 0. The van der Waals surface area contributed by atoms with Crippen molar-refractivity contribution in [3.8, 4) is 0 Å². The number of aromatic nitrogens is 9. The van der Waals surface area contributed by atoms with Crippen molar-refractivity contribution in [2.75, 3.05) is 18.1 Å². The molecule has 0 radical (unpaired) electrons. The van der Waals surface area contributed by atoms with Gasteiger partial charge in [-0.05, 0) is 0 Å². The number of halogens is 3. The molecule has 0 amide bonds. The first-order valence-electron chi connectivity index (χ1n) is 12.2. The molecule has 18 nitrogen and oxygen atoms in total. The van der Waals surface area contributed by atoms with Crippen molar-refractivity contribution in [2.45, 2.75) is 52.9 Å². The molecule has 7 rings (SSSR count). The normalized spacial score (nSPS) is 34.5. The largest absolute Gasteiger partial charge is 0.388 e. The average Bonchev–Trinajstić information content (AvgIpc) is 3.45. The number of hydrogen-bond donors (Lipinski definition) is 6. The first-order chi connectivity index (χ1) is 20.2. The lowest BCUT2D eigenvalue weighted by atomic mass is 10.1. The fraction of sp³-hybridized carbons (Fsp3) is 0.526. The Bertz CT molecular complexity index is 1880. The SMILES string of the molecule is Nc1nc2c(ncn2[C@@H]2S[C@@H]3C(O)[C@@]3(F)[C@H]2OP(=O)(S)OC[C@H]2O[C@H](n3nnc4c(N)ncnc43)C(F)(F)[C@@H]2O)c(=O)[nH]1. The van der Waals surface area contributed by atoms with Gasteiger partial charge in [0.1, 0.15) is 30.0 Å². The number of thiol groups is 1. The number of nitrogens with two attached hydrogens (primary N) is 2. The summed E-state index contributed by atoms with van der Waals surface area (Å²) in [5.41, 5.74) is 7.79. The number of anilines is 2. The molecule has 0 bridgehead atoms. The lowest BCUT2D eigenvalue weighted by molar-refractivity contribution is -0.142. The van der Waals surface area contributed by atoms with Gasteiger partial charge in [-0.3, -0.25) is 23.4 Å². The van der Waals surface area contributed by atoms with Gasteiger partial charge in [0.25, 0.3) is 5.56 Å². The number of thioether (sulfide) groups is 1. The highest BCUT2D eigenvalue weighted by Crippen LogP contribution is 2.69. The van der Waals surface area contributed by atoms with E-state index in [1.165, 1.54) is 10.9 Å². The number of imidazole rings is 1. The van der Waals surface area contributed by atoms with E-state index in [2.05, 4.69) is 47.5 Å². The van der Waals surface area contributed by atoms with E-state index in [9.17, 15) is 19.6 Å². The molecule has 1 saturated carbocycles. The number of nitrogen functional groups attached to an aromatic ring is 2. The molecule has 3 fully saturated rings. The molecular weight excluding hydrogens is 646 g/mol. The van der Waals surface area contributed by atoms with E-state index in [1.54, 1.807) is 0 Å². The lowest BCUT2D eigenvalue weighted by Gasteiger charge is -2.28. The summed E-state index contributed by atoms with van der Waals surface area (Å²) in [4.78, 5) is 30.0. The quantitative estimate of drug-likeness (QED) is 0.108. The summed E-state index contributed by atoms with van der Waals surface area (Å²) >= 11 is 4.77. The summed E-state index contributed by atoms with van der Waals surface area (Å²) in [6.45, 7) is -5.56. The van der Waals surface area contributed by atoms with Crippen LogP contribution in [0.15, 0.2) is 17.4 Å². The summed E-state index contributed by atoms with van der Waals surface area (Å²) in [5.74, 6) is -4.34. The second-order valence-electron chi connectivity index (χ2n) is 9.90. The van der Waals surface area contributed by atoms with E-state index in [-0.39, 0.29) is 34.1 Å². The van der Waals surface area contributed by atoms with Crippen molar-refractivity contribution in [3.63, 3.8) is 0 Å². The zero-order valence-corrected chi connectivity index (χ0v) is 23.6. The van der Waals surface area contributed by atoms with Gasteiger partial charge in [0.15, 0.2) is 39.9 Å². The Kier molecular flexibility index (Phi) is 6.32. The third-order valence-electron chi connectivity index (χ3n) is 7.31. The number of aromatic amines is 1. The zero-order valence-electron chi connectivity index (χ0n) is 21.0. The number of alkyl halides is 3. The van der Waals surface area contributed by atoms with Crippen LogP contribution in [0.3, 0.4) is 0 Å². The average molecular weight is 666 g/mol. The van der Waals surface area contributed by atoms with Crippen molar-refractivity contribution in [3.05, 3.63) is 23.0 Å². The molecule has 230 valence electrons. The number of ether oxygens (including phenoxy) is 1. The molecule has 6 heterocycles. The molecule has 24 heteroatoms. The Morgan fingerprint density at radius 2 is 1.95 bits per heavy atom. The summed E-state index contributed by atoms with van der Waals surface area (Å²) in [6.07, 6.45) is -7.55. The van der Waals surface area contributed by atoms with Crippen LogP contribution in [-0.2, 0) is 18.3 Å². The molecule has 0 aromatic carbocycles. The van der Waals surface area contributed by atoms with Crippen LogP contribution in [0, 0.1) is 0 Å². The first-order valence-corrected chi connectivity index (χ1v) is 15.8. The minimum absolute atomic E-state index is 0.0370. The van der Waals surface area contributed by atoms with Gasteiger partial charge < -0.3 is 26.4 Å². The molecular formula is C19H19F3N11O7PS2. The van der Waals surface area contributed by atoms with Gasteiger partial charge in [-0.1, -0.05) is 17.5 Å². The number of nitrogens with one attached hydrogen (secondary N) is 1. The van der Waals surface area contributed by atoms with Gasteiger partial charge in [0, 0.05) is 0 Å². The molecule has 3 aliphatic rings. The van der Waals surface area contributed by atoms with Gasteiger partial charge in [-0.2, -0.15) is 18.4 Å². The molecule has 43 heavy (non-hydrogen) atoms. The number of rotatable bonds is 7. The number of hydrogen-bond acceptors (Lipinski definition) is 16. The minimum atomic E-state index is -4.61. The van der Waals surface area contributed by atoms with Crippen LogP contribution in [0.25, 0.3) is 22.3 Å². The topological polar surface area (TPSA) is 257 Å². The molecule has 7 N–H and O–H groups in total. The molecule has 0 spiro atoms. The highest BCUT2D eigenvalue weighted by Gasteiger charge is 2.79. The van der Waals surface area contributed by atoms with E-state index in [1.807, 2.05) is 0 Å². The van der Waals surface area contributed by atoms with Crippen LogP contribution in [-0.4, -0.2) is 103 Å². The highest BCUT2D eigenvalue weighted by atomic mass is 32.7. The maximum Gasteiger partial charge on any atom is 0.386 e. The van der Waals surface area contributed by atoms with Crippen LogP contribution in [0.1, 0.15) is 11.6 Å². The van der Waals surface area contributed by atoms with Gasteiger partial charge in [-0.15, -0.1) is 16.9 Å². The monoisotopic (exact) mass is 665 g/mol. The number of nitrogens with zero attached hydrogens (tertiary/aromatic N) is 8. The van der Waals surface area contributed by atoms with Gasteiger partial charge in [0.05, 0.1) is 18.2 Å². The standard InChI is InChI=1S/C19H19F3N11O7PS2/c20-18-8(35)10(18)43-15(32-3-27-6-13(32)28-17(24)29-14(6)36)9(18)40-41(37,42)38-1-4-7(34)19(21,22)16(39-4)33-12-5(30-31-33)11(23)25-2-26-12/h2-4,7-10,15-16,34-35H,1H2,(H,37,42)(H2,23,25,26)(H3,24,28,29,36)/t4-,7-,8?,9+,10-,15-,16+,18-,41?/m1/s1. The Balaban J connectivity index is 1.11. The van der Waals surface area contributed by atoms with Crippen LogP contribution < -0.4 is 17.0 Å². The maximum atomic E-state index is 15.8. The third-order valence-corrected chi connectivity index (χ3v) is 10.6. The number of aliphatic hydroxyl groups is 2. The molecule has 1 aliphatic carbocycles. The maximum absolute atomic E-state index is 15.8. The predicted molar refractivity (Wildman–Crippen MR) is 143 cm³/mol. The number of aliphatic hydroxyl groups excluding tert-OH is 2. The van der Waals surface area contributed by atoms with E-state index >= 15 is 13.2 Å². The van der Waals surface area contributed by atoms with Crippen molar-refractivity contribution < 1.29 is 41.7 Å². The van der Waals surface area contributed by atoms with Gasteiger partial charge in [0.2, 0.25) is 12.2 Å². The summed E-state index contributed by atoms with van der Waals surface area (Å²) in [5, 5.41) is 25.7. The van der Waals surface area contributed by atoms with Crippen LogP contribution in [0.2, 0.25) is 0 Å². The zero-order chi connectivity index (χ0) is 30.6. The fourth-order valence-electron chi connectivity index (χ4n) is 5.11. The van der Waals surface area contributed by atoms with E-state index < -0.39 is 71.8 Å². The second kappa shape index (κ2) is 9.47. The lowest BCUT2D eigenvalue weighted by Crippen LogP contribution is -2.40. The molecule has 2 saturated heterocycles. The Hall–Kier alpha value is -3.05. The Labute approximate surface area is 245 Å². The van der Waals surface area contributed by atoms with Gasteiger partial charge in [-0.25, -0.2) is 23.9 Å². The van der Waals surface area contributed by atoms with E-state index in [0.717, 1.165) is 18.1 Å². The Morgan fingerprint density at radius 3 is 2.72 bits per heavy atom. The van der Waals surface area contributed by atoms with Crippen molar-refractivity contribution in [1.82, 2.24) is 44.5 Å². The molecule has 4 aromatic rings. The summed E-state index contributed by atoms with van der Waals surface area (Å²) < 4.78 is 77.1. The highest BCUT2D eigenvalue weighted by molar-refractivity contribution is 8.44. The predicted octanol–water partition coefficient (Wildman–Crippen LogP) is -0.451. The molecule has 4 aromatic heterocycles. The molecule has 2 unspecified atom stereocenters. The summed E-state index contributed by atoms with van der Waals surface area (Å²) in [6, 6.07) is 0. The second-order valence-corrected chi connectivity index (χ2v) is 14.0. The first kappa shape index (κ1) is 28.7. The fourth-order valence-corrected chi connectivity index (χ4v) is 8.41. The third kappa shape index (κ3) is 4.24. The van der Waals surface area contributed by atoms with E-state index in [4.69, 9.17) is 25.3 Å². The number of fused-ring (bicyclic) bond motifs is 3. The van der Waals surface area contributed by atoms with Crippen molar-refractivity contribution in [2.24, 2.45) is 0 Å². The van der Waals surface area contributed by atoms with Crippen molar-refractivity contribution in [1.29, 1.82) is 0 Å². The minimum Gasteiger partial charge on any atom is -0.388 e. The van der Waals surface area contributed by atoms with Crippen LogP contribution in [0.5, 0.6) is 0 Å². The smallest absolute Gasteiger partial charge is 0.386 e. The molecule has 2 aliphatic heterocycles. The van der Waals surface area contributed by atoms with Gasteiger partial charge >= 0.3 is 12.7 Å². The molecule has 9 atom stereocenters. The van der Waals surface area contributed by atoms with E-state index in [0.29, 0.717) is 4.68 Å². The van der Waals surface area contributed by atoms with Crippen molar-refractivity contribution >= 4 is 64.9 Å². The number of H-pyrrole nitrogens is 1. The van der Waals surface area contributed by atoms with Crippen LogP contribution in [0.4, 0.5) is 24.9 Å². The van der Waals surface area contributed by atoms with Crippen LogP contribution >= 0.6 is 30.8 Å². The Morgan fingerprint density at radius 1 is 1.19 bits per heavy atom.